The van der Waals surface area contributed by atoms with Crippen LogP contribution in [0.1, 0.15) is 28.8 Å². The molecular formula is C22H23ClN2O4S. The van der Waals surface area contributed by atoms with Gasteiger partial charge in [-0.2, -0.15) is 0 Å². The van der Waals surface area contributed by atoms with Crippen LogP contribution in [0.15, 0.2) is 30.3 Å². The summed E-state index contributed by atoms with van der Waals surface area (Å²) in [6.45, 7) is 3.11. The Morgan fingerprint density at radius 2 is 2.13 bits per heavy atom. The third-order valence-corrected chi connectivity index (χ3v) is 6.75. The lowest BCUT2D eigenvalue weighted by Gasteiger charge is -2.24. The molecule has 0 N–H and O–H groups in total. The molecule has 0 aliphatic carbocycles. The zero-order valence-corrected chi connectivity index (χ0v) is 18.7. The summed E-state index contributed by atoms with van der Waals surface area (Å²) in [6, 6.07) is 8.98. The van der Waals surface area contributed by atoms with E-state index in [1.165, 1.54) is 11.3 Å². The van der Waals surface area contributed by atoms with Crippen LogP contribution >= 0.6 is 22.9 Å². The maximum atomic E-state index is 13.7. The highest BCUT2D eigenvalue weighted by Crippen LogP contribution is 2.37. The van der Waals surface area contributed by atoms with Crippen molar-refractivity contribution in [3.8, 4) is 11.5 Å². The summed E-state index contributed by atoms with van der Waals surface area (Å²) in [5.41, 5.74) is 2.24. The van der Waals surface area contributed by atoms with Gasteiger partial charge in [0.05, 0.1) is 47.7 Å². The van der Waals surface area contributed by atoms with Crippen LogP contribution in [-0.4, -0.2) is 44.4 Å². The first-order valence-corrected chi connectivity index (χ1v) is 10.9. The van der Waals surface area contributed by atoms with Gasteiger partial charge in [0.2, 0.25) is 0 Å². The van der Waals surface area contributed by atoms with Gasteiger partial charge in [-0.25, -0.2) is 4.98 Å². The maximum absolute atomic E-state index is 13.7. The normalized spacial score (nSPS) is 16.1. The molecule has 8 heteroatoms. The van der Waals surface area contributed by atoms with Gasteiger partial charge in [0.1, 0.15) is 11.5 Å². The van der Waals surface area contributed by atoms with Crippen molar-refractivity contribution in [2.24, 2.45) is 0 Å². The number of nitrogens with zero attached hydrogens (tertiary/aromatic N) is 2. The van der Waals surface area contributed by atoms with E-state index in [0.717, 1.165) is 28.6 Å². The largest absolute Gasteiger partial charge is 0.497 e. The smallest absolute Gasteiger partial charge is 0.264 e. The first-order chi connectivity index (χ1) is 14.5. The molecule has 1 saturated heterocycles. The lowest BCUT2D eigenvalue weighted by Crippen LogP contribution is -2.37. The van der Waals surface area contributed by atoms with Crippen LogP contribution in [0.2, 0.25) is 5.02 Å². The van der Waals surface area contributed by atoms with E-state index in [0.29, 0.717) is 40.4 Å². The molecule has 1 atom stereocenters. The van der Waals surface area contributed by atoms with E-state index < -0.39 is 0 Å². The Morgan fingerprint density at radius 1 is 1.30 bits per heavy atom. The van der Waals surface area contributed by atoms with Crippen molar-refractivity contribution in [1.29, 1.82) is 0 Å². The third-order valence-electron chi connectivity index (χ3n) is 5.21. The van der Waals surface area contributed by atoms with Crippen molar-refractivity contribution in [2.45, 2.75) is 25.9 Å². The Labute approximate surface area is 184 Å². The number of carbonyl (C=O) groups excluding carboxylic acids is 1. The molecule has 30 heavy (non-hydrogen) atoms. The lowest BCUT2D eigenvalue weighted by atomic mass is 10.1. The van der Waals surface area contributed by atoms with Gasteiger partial charge < -0.3 is 14.2 Å². The van der Waals surface area contributed by atoms with E-state index in [4.69, 9.17) is 30.8 Å². The number of hydrogen-bond acceptors (Lipinski definition) is 6. The van der Waals surface area contributed by atoms with E-state index in [1.54, 1.807) is 37.3 Å². The minimum absolute atomic E-state index is 0.0332. The van der Waals surface area contributed by atoms with Crippen LogP contribution in [0, 0.1) is 6.92 Å². The number of aryl methyl sites for hydroxylation is 1. The first-order valence-electron chi connectivity index (χ1n) is 9.73. The maximum Gasteiger partial charge on any atom is 0.264 e. The van der Waals surface area contributed by atoms with Crippen molar-refractivity contribution < 1.29 is 19.0 Å². The van der Waals surface area contributed by atoms with Crippen molar-refractivity contribution in [3.05, 3.63) is 46.5 Å². The van der Waals surface area contributed by atoms with Crippen LogP contribution in [0.4, 0.5) is 5.13 Å². The van der Waals surface area contributed by atoms with Gasteiger partial charge in [-0.3, -0.25) is 9.69 Å². The number of ether oxygens (including phenoxy) is 3. The van der Waals surface area contributed by atoms with E-state index in [-0.39, 0.29) is 12.0 Å². The minimum Gasteiger partial charge on any atom is -0.497 e. The second-order valence-corrected chi connectivity index (χ2v) is 8.54. The summed E-state index contributed by atoms with van der Waals surface area (Å²) in [6.07, 6.45) is 1.86. The molecule has 0 spiro atoms. The summed E-state index contributed by atoms with van der Waals surface area (Å²) >= 11 is 7.82. The van der Waals surface area contributed by atoms with Crippen molar-refractivity contribution in [3.63, 3.8) is 0 Å². The highest BCUT2D eigenvalue weighted by molar-refractivity contribution is 7.23. The molecule has 0 radical (unpaired) electrons. The van der Waals surface area contributed by atoms with Crippen LogP contribution in [-0.2, 0) is 4.74 Å². The number of amides is 1. The summed E-state index contributed by atoms with van der Waals surface area (Å²) in [5, 5.41) is 1.22. The minimum atomic E-state index is -0.214. The number of benzene rings is 2. The topological polar surface area (TPSA) is 60.9 Å². The highest BCUT2D eigenvalue weighted by atomic mass is 35.5. The van der Waals surface area contributed by atoms with Gasteiger partial charge >= 0.3 is 0 Å². The molecule has 3 aromatic rings. The Morgan fingerprint density at radius 3 is 2.80 bits per heavy atom. The zero-order valence-electron chi connectivity index (χ0n) is 17.1. The molecule has 1 fully saturated rings. The number of halogens is 1. The standard InChI is InChI=1S/C22H23ClN2O4S/c1-13-6-8-17(23)20-19(13)24-22(30-20)25(12-15-5-4-10-29-15)21(26)16-11-14(27-2)7-9-18(16)28-3/h6-9,11,15H,4-5,10,12H2,1-3H3. The number of carbonyl (C=O) groups is 1. The molecule has 1 unspecified atom stereocenters. The number of methoxy groups -OCH3 is 2. The van der Waals surface area contributed by atoms with Gasteiger partial charge in [-0.05, 0) is 49.6 Å². The van der Waals surface area contributed by atoms with Crippen molar-refractivity contribution in [2.75, 3.05) is 32.3 Å². The van der Waals surface area contributed by atoms with Crippen LogP contribution in [0.5, 0.6) is 11.5 Å². The zero-order chi connectivity index (χ0) is 21.3. The first kappa shape index (κ1) is 20.9. The fraction of sp³-hybridized carbons (Fsp3) is 0.364. The number of rotatable bonds is 6. The molecule has 2 heterocycles. The van der Waals surface area contributed by atoms with Crippen LogP contribution < -0.4 is 14.4 Å². The van der Waals surface area contributed by atoms with Gasteiger partial charge in [-0.1, -0.05) is 29.0 Å². The number of fused-ring (bicyclic) bond motifs is 1. The number of hydrogen-bond donors (Lipinski definition) is 0. The lowest BCUT2D eigenvalue weighted by molar-refractivity contribution is 0.0914. The SMILES string of the molecule is COc1ccc(OC)c(C(=O)N(CC2CCCO2)c2nc3c(C)ccc(Cl)c3s2)c1. The molecule has 158 valence electrons. The average Bonchev–Trinajstić information content (AvgIpc) is 3.44. The monoisotopic (exact) mass is 446 g/mol. The highest BCUT2D eigenvalue weighted by Gasteiger charge is 2.29. The van der Waals surface area contributed by atoms with E-state index in [1.807, 2.05) is 19.1 Å². The average molecular weight is 447 g/mol. The second kappa shape index (κ2) is 8.79. The third kappa shape index (κ3) is 3.97. The van der Waals surface area contributed by atoms with Crippen molar-refractivity contribution in [1.82, 2.24) is 4.98 Å². The quantitative estimate of drug-likeness (QED) is 0.527. The second-order valence-electron chi connectivity index (χ2n) is 7.16. The molecule has 4 rings (SSSR count). The number of anilines is 1. The molecular weight excluding hydrogens is 424 g/mol. The predicted molar refractivity (Wildman–Crippen MR) is 120 cm³/mol. The Bertz CT molecular complexity index is 1040. The van der Waals surface area contributed by atoms with E-state index in [2.05, 4.69) is 0 Å². The molecule has 1 aromatic heterocycles. The van der Waals surface area contributed by atoms with Crippen molar-refractivity contribution >= 4 is 44.2 Å². The Hall–Kier alpha value is -2.35. The molecule has 2 aromatic carbocycles. The molecule has 0 bridgehead atoms. The summed E-state index contributed by atoms with van der Waals surface area (Å²) in [7, 11) is 3.11. The molecule has 0 saturated carbocycles. The van der Waals surface area contributed by atoms with Crippen LogP contribution in [0.3, 0.4) is 0 Å². The molecule has 6 nitrogen and oxygen atoms in total. The fourth-order valence-corrected chi connectivity index (χ4v) is 4.90. The molecule has 1 amide bonds. The summed E-state index contributed by atoms with van der Waals surface area (Å²) < 4.78 is 17.5. The van der Waals surface area contributed by atoms with E-state index in [9.17, 15) is 4.79 Å². The molecule has 1 aliphatic heterocycles. The van der Waals surface area contributed by atoms with Crippen LogP contribution in [0.25, 0.3) is 10.2 Å². The fourth-order valence-electron chi connectivity index (χ4n) is 3.57. The van der Waals surface area contributed by atoms with Gasteiger partial charge in [-0.15, -0.1) is 0 Å². The van der Waals surface area contributed by atoms with Gasteiger partial charge in [0.15, 0.2) is 5.13 Å². The Kier molecular flexibility index (Phi) is 6.13. The summed E-state index contributed by atoms with van der Waals surface area (Å²) in [5.74, 6) is 0.849. The summed E-state index contributed by atoms with van der Waals surface area (Å²) in [4.78, 5) is 20.1. The number of aromatic nitrogens is 1. The number of thiazole rings is 1. The van der Waals surface area contributed by atoms with E-state index >= 15 is 0 Å². The predicted octanol–water partition coefficient (Wildman–Crippen LogP) is 5.10. The van der Waals surface area contributed by atoms with Gasteiger partial charge in [0, 0.05) is 6.61 Å². The van der Waals surface area contributed by atoms with Gasteiger partial charge in [0.25, 0.3) is 5.91 Å². The Balaban J connectivity index is 1.80. The molecule has 1 aliphatic rings.